The number of imide groups is 1. The van der Waals surface area contributed by atoms with Crippen LogP contribution in [0.15, 0.2) is 54.6 Å². The van der Waals surface area contributed by atoms with Gasteiger partial charge in [0.15, 0.2) is 0 Å². The lowest BCUT2D eigenvalue weighted by Crippen LogP contribution is -2.99. The van der Waals surface area contributed by atoms with E-state index in [1.54, 1.807) is 23.5 Å². The molecule has 3 N–H and O–H groups in total. The van der Waals surface area contributed by atoms with Gasteiger partial charge in [0.1, 0.15) is 35.1 Å². The zero-order valence-electron chi connectivity index (χ0n) is 16.7. The topological polar surface area (TPSA) is 114 Å². The van der Waals surface area contributed by atoms with E-state index in [2.05, 4.69) is 0 Å². The summed E-state index contributed by atoms with van der Waals surface area (Å²) in [6.45, 7) is 1.93. The Hall–Kier alpha value is -3.19. The fourth-order valence-corrected chi connectivity index (χ4v) is 5.11. The quantitative estimate of drug-likeness (QED) is 0.658. The molecule has 0 saturated carbocycles. The molecule has 7 heteroatoms. The molecule has 4 atom stereocenters. The van der Waals surface area contributed by atoms with Gasteiger partial charge >= 0.3 is 0 Å². The first-order chi connectivity index (χ1) is 14.4. The van der Waals surface area contributed by atoms with Crippen molar-refractivity contribution in [2.45, 2.75) is 37.9 Å². The van der Waals surface area contributed by atoms with E-state index in [9.17, 15) is 24.6 Å². The largest absolute Gasteiger partial charge is 0.544 e. The Morgan fingerprint density at radius 3 is 2.40 bits per heavy atom. The van der Waals surface area contributed by atoms with E-state index in [0.717, 1.165) is 10.5 Å². The predicted molar refractivity (Wildman–Crippen MR) is 104 cm³/mol. The normalized spacial score (nSPS) is 28.0. The summed E-state index contributed by atoms with van der Waals surface area (Å²) in [6.07, 6.45) is 0.708. The molecule has 2 amide bonds. The second kappa shape index (κ2) is 7.57. The maximum Gasteiger partial charge on any atom is 0.240 e. The van der Waals surface area contributed by atoms with Crippen LogP contribution in [0.25, 0.3) is 0 Å². The first-order valence-electron chi connectivity index (χ1n) is 10.1. The number of hydrogen-bond acceptors (Lipinski definition) is 5. The van der Waals surface area contributed by atoms with Gasteiger partial charge < -0.3 is 20.3 Å². The van der Waals surface area contributed by atoms with Crippen molar-refractivity contribution in [3.8, 4) is 5.75 Å². The number of carbonyl (C=O) groups is 3. The predicted octanol–water partition coefficient (Wildman–Crippen LogP) is 0.101. The maximum absolute atomic E-state index is 13.4. The molecular formula is C23H24N2O5. The Morgan fingerprint density at radius 1 is 1.10 bits per heavy atom. The number of rotatable bonds is 6. The van der Waals surface area contributed by atoms with Gasteiger partial charge in [0.2, 0.25) is 11.8 Å². The van der Waals surface area contributed by atoms with Gasteiger partial charge in [0, 0.05) is 6.42 Å². The van der Waals surface area contributed by atoms with Crippen LogP contribution in [0.5, 0.6) is 5.75 Å². The van der Waals surface area contributed by atoms with E-state index in [4.69, 9.17) is 0 Å². The third-order valence-corrected chi connectivity index (χ3v) is 6.38. The van der Waals surface area contributed by atoms with Crippen LogP contribution >= 0.6 is 0 Å². The number of carboxylic acid groups (broad SMARTS) is 1. The first kappa shape index (κ1) is 20.1. The van der Waals surface area contributed by atoms with Crippen molar-refractivity contribution in [2.24, 2.45) is 11.8 Å². The number of nitrogens with two attached hydrogens (primary N) is 1. The van der Waals surface area contributed by atoms with Crippen molar-refractivity contribution in [3.63, 3.8) is 0 Å². The fraction of sp³-hybridized carbons (Fsp3) is 0.348. The molecule has 0 bridgehead atoms. The molecule has 7 nitrogen and oxygen atoms in total. The van der Waals surface area contributed by atoms with E-state index in [1.165, 1.54) is 6.07 Å². The average Bonchev–Trinajstić information content (AvgIpc) is 3.20. The van der Waals surface area contributed by atoms with Crippen molar-refractivity contribution in [2.75, 3.05) is 0 Å². The minimum atomic E-state index is -1.55. The Labute approximate surface area is 174 Å². The number of para-hydroxylation sites is 1. The van der Waals surface area contributed by atoms with Crippen LogP contribution in [-0.4, -0.2) is 33.3 Å². The number of fused-ring (bicyclic) bond motifs is 1. The summed E-state index contributed by atoms with van der Waals surface area (Å²) in [4.78, 5) is 40.3. The number of aromatic hydroxyl groups is 1. The number of hydrogen-bond donors (Lipinski definition) is 2. The Balaban J connectivity index is 1.80. The van der Waals surface area contributed by atoms with Crippen molar-refractivity contribution in [1.82, 2.24) is 4.90 Å². The number of likely N-dealkylation sites (tertiary alicyclic amines) is 1. The summed E-state index contributed by atoms with van der Waals surface area (Å²) in [6, 6.07) is 15.0. The van der Waals surface area contributed by atoms with Crippen LogP contribution in [0.4, 0.5) is 0 Å². The SMILES string of the molecule is CCC[C@@]1(C(=O)[O-])[NH2+][C@@H](c2ccccc2O)[C@H]2C(=O)N(Cc3ccccc3)C(=O)[C@@H]21. The summed E-state index contributed by atoms with van der Waals surface area (Å²) in [5.74, 6) is -4.18. The minimum absolute atomic E-state index is 0.0232. The zero-order valence-corrected chi connectivity index (χ0v) is 16.7. The van der Waals surface area contributed by atoms with Gasteiger partial charge in [0.05, 0.1) is 12.1 Å². The molecule has 2 fully saturated rings. The number of phenolic OH excluding ortho intramolecular Hbond substituents is 1. The van der Waals surface area contributed by atoms with E-state index >= 15 is 0 Å². The van der Waals surface area contributed by atoms with Crippen LogP contribution in [0, 0.1) is 11.8 Å². The molecule has 4 rings (SSSR count). The summed E-state index contributed by atoms with van der Waals surface area (Å²) >= 11 is 0. The number of amides is 2. The Bertz CT molecular complexity index is 992. The fourth-order valence-electron chi connectivity index (χ4n) is 5.11. The highest BCUT2D eigenvalue weighted by Gasteiger charge is 2.69. The van der Waals surface area contributed by atoms with Gasteiger partial charge in [0.25, 0.3) is 0 Å². The van der Waals surface area contributed by atoms with Gasteiger partial charge in [-0.2, -0.15) is 0 Å². The van der Waals surface area contributed by atoms with E-state index < -0.39 is 41.2 Å². The van der Waals surface area contributed by atoms with E-state index in [-0.39, 0.29) is 18.7 Å². The lowest BCUT2D eigenvalue weighted by molar-refractivity contribution is -0.739. The number of nitrogens with zero attached hydrogens (tertiary/aromatic N) is 1. The van der Waals surface area contributed by atoms with Gasteiger partial charge in [-0.3, -0.25) is 14.5 Å². The molecule has 2 aromatic rings. The molecule has 0 radical (unpaired) electrons. The van der Waals surface area contributed by atoms with Crippen molar-refractivity contribution in [1.29, 1.82) is 0 Å². The molecule has 0 aliphatic carbocycles. The molecule has 0 unspecified atom stereocenters. The van der Waals surface area contributed by atoms with Gasteiger partial charge in [-0.15, -0.1) is 0 Å². The third kappa shape index (κ3) is 2.97. The van der Waals surface area contributed by atoms with Gasteiger partial charge in [-0.05, 0) is 24.1 Å². The van der Waals surface area contributed by atoms with E-state index in [0.29, 0.717) is 12.0 Å². The van der Waals surface area contributed by atoms with Gasteiger partial charge in [-0.25, -0.2) is 0 Å². The zero-order chi connectivity index (χ0) is 21.5. The second-order valence-corrected chi connectivity index (χ2v) is 8.08. The number of carboxylic acids is 1. The molecule has 0 aromatic heterocycles. The molecule has 2 saturated heterocycles. The minimum Gasteiger partial charge on any atom is -0.544 e. The number of aliphatic carboxylic acids is 1. The smallest absolute Gasteiger partial charge is 0.240 e. The number of quaternary nitrogens is 1. The van der Waals surface area contributed by atoms with Crippen molar-refractivity contribution in [3.05, 3.63) is 65.7 Å². The summed E-state index contributed by atoms with van der Waals surface area (Å²) in [5.41, 5.74) is -0.309. The van der Waals surface area contributed by atoms with Crippen molar-refractivity contribution >= 4 is 17.8 Å². The van der Waals surface area contributed by atoms with Crippen molar-refractivity contribution < 1.29 is 29.9 Å². The molecule has 30 heavy (non-hydrogen) atoms. The monoisotopic (exact) mass is 408 g/mol. The highest BCUT2D eigenvalue weighted by atomic mass is 16.4. The van der Waals surface area contributed by atoms with Crippen LogP contribution in [-0.2, 0) is 20.9 Å². The van der Waals surface area contributed by atoms with Crippen LogP contribution in [0.1, 0.15) is 36.9 Å². The maximum atomic E-state index is 13.4. The Kier molecular flexibility index (Phi) is 5.07. The molecule has 2 aromatic carbocycles. The second-order valence-electron chi connectivity index (χ2n) is 8.08. The van der Waals surface area contributed by atoms with Gasteiger partial charge in [-0.1, -0.05) is 49.4 Å². The first-order valence-corrected chi connectivity index (χ1v) is 10.1. The summed E-state index contributed by atoms with van der Waals surface area (Å²) in [7, 11) is 0. The molecule has 2 heterocycles. The van der Waals surface area contributed by atoms with Crippen LogP contribution in [0.3, 0.4) is 0 Å². The lowest BCUT2D eigenvalue weighted by atomic mass is 9.77. The highest BCUT2D eigenvalue weighted by molar-refractivity contribution is 6.08. The highest BCUT2D eigenvalue weighted by Crippen LogP contribution is 2.47. The standard InChI is InChI=1S/C23H24N2O5/c1-2-12-23(22(29)30)18-17(19(24-23)15-10-6-7-11-16(15)26)20(27)25(21(18)28)13-14-8-4-3-5-9-14/h3-11,17-19,24,26H,2,12-13H2,1H3,(H,29,30)/t17-,18+,19-,23+/m0/s1. The van der Waals surface area contributed by atoms with Crippen LogP contribution < -0.4 is 10.4 Å². The number of carbonyl (C=O) groups excluding carboxylic acids is 3. The molecule has 2 aliphatic rings. The van der Waals surface area contributed by atoms with Crippen LogP contribution in [0.2, 0.25) is 0 Å². The Morgan fingerprint density at radius 2 is 1.77 bits per heavy atom. The molecule has 2 aliphatic heterocycles. The molecule has 0 spiro atoms. The third-order valence-electron chi connectivity index (χ3n) is 6.38. The lowest BCUT2D eigenvalue weighted by Gasteiger charge is -2.32. The number of benzene rings is 2. The molecular weight excluding hydrogens is 384 g/mol. The average molecular weight is 408 g/mol. The molecule has 156 valence electrons. The summed E-state index contributed by atoms with van der Waals surface area (Å²) in [5, 5.41) is 24.3. The van der Waals surface area contributed by atoms with E-state index in [1.807, 2.05) is 37.3 Å². The summed E-state index contributed by atoms with van der Waals surface area (Å²) < 4.78 is 0. The number of phenols is 1.